The lowest BCUT2D eigenvalue weighted by Gasteiger charge is -2.36. The Labute approximate surface area is 135 Å². The smallest absolute Gasteiger partial charge is 0.147 e. The highest BCUT2D eigenvalue weighted by Gasteiger charge is 2.52. The molecule has 0 fully saturated rings. The summed E-state index contributed by atoms with van der Waals surface area (Å²) in [5, 5.41) is 9.28. The number of aliphatic hydroxyl groups excluding tert-OH is 1. The van der Waals surface area contributed by atoms with Gasteiger partial charge in [-0.3, -0.25) is 4.79 Å². The van der Waals surface area contributed by atoms with Crippen molar-refractivity contribution in [2.45, 2.75) is 30.8 Å². The molecule has 0 aromatic heterocycles. The van der Waals surface area contributed by atoms with Gasteiger partial charge in [-0.25, -0.2) is 0 Å². The number of carbonyl (C=O) groups excluding carboxylic acids is 1. The molecule has 1 N–H and O–H groups in total. The number of hydrogen-bond donors (Lipinski definition) is 1. The first-order valence-corrected chi connectivity index (χ1v) is 8.20. The van der Waals surface area contributed by atoms with Gasteiger partial charge in [0.15, 0.2) is 0 Å². The molecular weight excluding hydrogens is 288 g/mol. The van der Waals surface area contributed by atoms with Crippen molar-refractivity contribution in [1.82, 2.24) is 0 Å². The van der Waals surface area contributed by atoms with Gasteiger partial charge in [0.2, 0.25) is 0 Å². The number of ether oxygens (including phenoxy) is 1. The van der Waals surface area contributed by atoms with Crippen LogP contribution in [-0.4, -0.2) is 24.1 Å². The maximum Gasteiger partial charge on any atom is 0.147 e. The number of carbonyl (C=O) groups is 1. The van der Waals surface area contributed by atoms with Crippen LogP contribution in [0.4, 0.5) is 0 Å². The van der Waals surface area contributed by atoms with Crippen molar-refractivity contribution in [2.24, 2.45) is 0 Å². The molecule has 0 aliphatic heterocycles. The number of benzene rings is 2. The lowest BCUT2D eigenvalue weighted by atomic mass is 9.78. The van der Waals surface area contributed by atoms with Gasteiger partial charge in [0, 0.05) is 6.42 Å². The summed E-state index contributed by atoms with van der Waals surface area (Å²) in [6.45, 7) is 0.215. The molecular formula is C20H20O3. The van der Waals surface area contributed by atoms with Crippen molar-refractivity contribution >= 4 is 5.78 Å². The number of rotatable bonds is 4. The Hall–Kier alpha value is -1.97. The van der Waals surface area contributed by atoms with Gasteiger partial charge < -0.3 is 9.84 Å². The largest absolute Gasteiger partial charge is 0.394 e. The first-order valence-electron chi connectivity index (χ1n) is 8.20. The van der Waals surface area contributed by atoms with Crippen LogP contribution in [0.5, 0.6) is 0 Å². The summed E-state index contributed by atoms with van der Waals surface area (Å²) >= 11 is 0. The van der Waals surface area contributed by atoms with Crippen molar-refractivity contribution in [1.29, 1.82) is 0 Å². The van der Waals surface area contributed by atoms with E-state index in [1.165, 1.54) is 5.56 Å². The lowest BCUT2D eigenvalue weighted by molar-refractivity contribution is -0.132. The number of Topliss-reactive ketones (excluding diaryl/α,β-unsaturated/α-hetero) is 1. The minimum atomic E-state index is -0.636. The molecule has 2 aromatic carbocycles. The lowest BCUT2D eigenvalue weighted by Crippen LogP contribution is -2.38. The van der Waals surface area contributed by atoms with E-state index >= 15 is 0 Å². The molecule has 0 saturated carbocycles. The maximum atomic E-state index is 12.9. The summed E-state index contributed by atoms with van der Waals surface area (Å²) in [5.74, 6) is -0.0465. The van der Waals surface area contributed by atoms with Crippen molar-refractivity contribution in [3.63, 3.8) is 0 Å². The highest BCUT2D eigenvalue weighted by Crippen LogP contribution is 2.52. The van der Waals surface area contributed by atoms with Crippen molar-refractivity contribution in [3.8, 4) is 0 Å². The Morgan fingerprint density at radius 3 is 2.65 bits per heavy atom. The molecule has 0 radical (unpaired) electrons. The van der Waals surface area contributed by atoms with Gasteiger partial charge in [-0.05, 0) is 35.1 Å². The van der Waals surface area contributed by atoms with E-state index < -0.39 is 5.60 Å². The zero-order chi connectivity index (χ0) is 15.9. The third kappa shape index (κ3) is 2.15. The predicted molar refractivity (Wildman–Crippen MR) is 87.4 cm³/mol. The van der Waals surface area contributed by atoms with Gasteiger partial charge in [0.25, 0.3) is 0 Å². The summed E-state index contributed by atoms with van der Waals surface area (Å²) < 4.78 is 6.21. The van der Waals surface area contributed by atoms with E-state index in [0.29, 0.717) is 6.42 Å². The molecule has 0 saturated heterocycles. The van der Waals surface area contributed by atoms with E-state index in [2.05, 4.69) is 18.2 Å². The molecule has 118 valence electrons. The van der Waals surface area contributed by atoms with Gasteiger partial charge in [0.1, 0.15) is 11.4 Å². The SMILES string of the molecule is O=C1Cc2ccccc2C1C1(OCCO)CCc2ccccc21. The second-order valence-corrected chi connectivity index (χ2v) is 6.39. The van der Waals surface area contributed by atoms with Crippen LogP contribution < -0.4 is 0 Å². The van der Waals surface area contributed by atoms with E-state index in [0.717, 1.165) is 29.5 Å². The predicted octanol–water partition coefficient (Wildman–Crippen LogP) is 2.75. The highest BCUT2D eigenvalue weighted by molar-refractivity contribution is 5.94. The Kier molecular flexibility index (Phi) is 3.55. The molecule has 4 rings (SSSR count). The standard InChI is InChI=1S/C20H20O3/c21-11-12-23-20(10-9-14-5-2-4-8-17(14)20)19-16-7-3-1-6-15(16)13-18(19)22/h1-8,19,21H,9-13H2. The molecule has 2 atom stereocenters. The molecule has 0 amide bonds. The van der Waals surface area contributed by atoms with E-state index in [9.17, 15) is 9.90 Å². The first kappa shape index (κ1) is 14.6. The average Bonchev–Trinajstić information content (AvgIpc) is 3.11. The van der Waals surface area contributed by atoms with Crippen molar-refractivity contribution in [2.75, 3.05) is 13.2 Å². The zero-order valence-electron chi connectivity index (χ0n) is 13.0. The first-order chi connectivity index (χ1) is 11.3. The molecule has 3 nitrogen and oxygen atoms in total. The Bertz CT molecular complexity index is 752. The van der Waals surface area contributed by atoms with Gasteiger partial charge >= 0.3 is 0 Å². The second-order valence-electron chi connectivity index (χ2n) is 6.39. The zero-order valence-corrected chi connectivity index (χ0v) is 13.0. The molecule has 0 bridgehead atoms. The van der Waals surface area contributed by atoms with Crippen LogP contribution in [0, 0.1) is 0 Å². The fraction of sp³-hybridized carbons (Fsp3) is 0.350. The monoisotopic (exact) mass is 308 g/mol. The topological polar surface area (TPSA) is 46.5 Å². The molecule has 0 heterocycles. The Balaban J connectivity index is 1.87. The second kappa shape index (κ2) is 5.59. The van der Waals surface area contributed by atoms with Crippen LogP contribution in [0.2, 0.25) is 0 Å². The van der Waals surface area contributed by atoms with Gasteiger partial charge in [-0.2, -0.15) is 0 Å². The van der Waals surface area contributed by atoms with E-state index in [-0.39, 0.29) is 24.9 Å². The minimum Gasteiger partial charge on any atom is -0.394 e. The molecule has 2 unspecified atom stereocenters. The van der Waals surface area contributed by atoms with Gasteiger partial charge in [-0.15, -0.1) is 0 Å². The number of aryl methyl sites for hydroxylation is 1. The van der Waals surface area contributed by atoms with Crippen LogP contribution in [0.3, 0.4) is 0 Å². The van der Waals surface area contributed by atoms with Crippen LogP contribution in [0.1, 0.15) is 34.6 Å². The van der Waals surface area contributed by atoms with Crippen molar-refractivity contribution < 1.29 is 14.6 Å². The summed E-state index contributed by atoms with van der Waals surface area (Å²) in [6, 6.07) is 16.3. The Morgan fingerprint density at radius 2 is 1.83 bits per heavy atom. The molecule has 3 heteroatoms. The molecule has 0 spiro atoms. The maximum absolute atomic E-state index is 12.9. The highest BCUT2D eigenvalue weighted by atomic mass is 16.5. The van der Waals surface area contributed by atoms with E-state index in [4.69, 9.17) is 4.74 Å². The fourth-order valence-corrected chi connectivity index (χ4v) is 4.32. The van der Waals surface area contributed by atoms with Gasteiger partial charge in [-0.1, -0.05) is 48.5 Å². The average molecular weight is 308 g/mol. The fourth-order valence-electron chi connectivity index (χ4n) is 4.32. The van der Waals surface area contributed by atoms with Crippen LogP contribution in [-0.2, 0) is 28.0 Å². The summed E-state index contributed by atoms with van der Waals surface area (Å²) in [4.78, 5) is 12.9. The number of fused-ring (bicyclic) bond motifs is 2. The van der Waals surface area contributed by atoms with Crippen LogP contribution in [0.15, 0.2) is 48.5 Å². The number of hydrogen-bond acceptors (Lipinski definition) is 3. The third-order valence-electron chi connectivity index (χ3n) is 5.21. The van der Waals surface area contributed by atoms with Gasteiger partial charge in [0.05, 0.1) is 19.1 Å². The van der Waals surface area contributed by atoms with E-state index in [1.54, 1.807) is 0 Å². The number of aliphatic hydroxyl groups is 1. The Morgan fingerprint density at radius 1 is 1.09 bits per heavy atom. The molecule has 2 aromatic rings. The minimum absolute atomic E-state index is 0.0352. The normalized spacial score (nSPS) is 25.4. The summed E-state index contributed by atoms with van der Waals surface area (Å²) in [7, 11) is 0. The molecule has 23 heavy (non-hydrogen) atoms. The quantitative estimate of drug-likeness (QED) is 0.944. The van der Waals surface area contributed by atoms with E-state index in [1.807, 2.05) is 30.3 Å². The number of ketones is 1. The summed E-state index contributed by atoms with van der Waals surface area (Å²) in [5.41, 5.74) is 3.93. The third-order valence-corrected chi connectivity index (χ3v) is 5.21. The molecule has 2 aliphatic carbocycles. The molecule has 2 aliphatic rings. The van der Waals surface area contributed by atoms with Crippen LogP contribution >= 0.6 is 0 Å². The van der Waals surface area contributed by atoms with Crippen molar-refractivity contribution in [3.05, 3.63) is 70.8 Å². The van der Waals surface area contributed by atoms with Crippen LogP contribution in [0.25, 0.3) is 0 Å². The summed E-state index contributed by atoms with van der Waals surface area (Å²) in [6.07, 6.45) is 2.18.